The lowest BCUT2D eigenvalue weighted by molar-refractivity contribution is 0.250. The zero-order chi connectivity index (χ0) is 19.8. The first kappa shape index (κ1) is 19.1. The van der Waals surface area contributed by atoms with Crippen LogP contribution in [0.1, 0.15) is 34.1 Å². The number of thiophene rings is 2. The molecular weight excluding hydrogens is 386 g/mol. The average molecular weight is 410 g/mol. The van der Waals surface area contributed by atoms with E-state index in [1.807, 2.05) is 0 Å². The molecule has 0 aliphatic carbocycles. The molecule has 3 aromatic heterocycles. The van der Waals surface area contributed by atoms with E-state index in [1.54, 1.807) is 22.7 Å². The van der Waals surface area contributed by atoms with E-state index in [0.717, 1.165) is 20.8 Å². The molecule has 6 heteroatoms. The lowest BCUT2D eigenvalue weighted by atomic mass is 10.0. The molecule has 1 atom stereocenters. The van der Waals surface area contributed by atoms with Crippen LogP contribution in [-0.2, 0) is 6.54 Å². The second-order valence-electron chi connectivity index (χ2n) is 7.20. The highest BCUT2D eigenvalue weighted by molar-refractivity contribution is 7.19. The van der Waals surface area contributed by atoms with E-state index in [4.69, 9.17) is 4.98 Å². The van der Waals surface area contributed by atoms with E-state index in [0.29, 0.717) is 17.8 Å². The van der Waals surface area contributed by atoms with Crippen molar-refractivity contribution in [1.29, 1.82) is 0 Å². The molecular formula is C22H23N3OS2. The van der Waals surface area contributed by atoms with Gasteiger partial charge < -0.3 is 4.98 Å². The van der Waals surface area contributed by atoms with Gasteiger partial charge in [0.05, 0.1) is 11.9 Å². The van der Waals surface area contributed by atoms with Crippen molar-refractivity contribution in [2.75, 3.05) is 7.05 Å². The molecule has 0 radical (unpaired) electrons. The normalized spacial score (nSPS) is 12.8. The standard InChI is InChI=1S/C22H23N3OS2/c1-13-7-9-16(10-8-13)19-15(3)28-22-20(19)21(26)23-18(24-22)12-25(4)14(2)17-6-5-11-27-17/h5-11,14H,12H2,1-4H3,(H,23,24,26). The number of H-pyrrole nitrogens is 1. The predicted octanol–water partition coefficient (Wildman–Crippen LogP) is 5.52. The third kappa shape index (κ3) is 3.55. The average Bonchev–Trinajstić information content (AvgIpc) is 3.29. The maximum atomic E-state index is 12.9. The number of nitrogens with one attached hydrogen (secondary N) is 1. The number of aromatic amines is 1. The summed E-state index contributed by atoms with van der Waals surface area (Å²) >= 11 is 3.34. The summed E-state index contributed by atoms with van der Waals surface area (Å²) in [5.41, 5.74) is 3.22. The van der Waals surface area contributed by atoms with Crippen LogP contribution in [0.15, 0.2) is 46.6 Å². The molecule has 0 saturated heterocycles. The Bertz CT molecular complexity index is 1160. The number of hydrogen-bond donors (Lipinski definition) is 1. The molecule has 0 bridgehead atoms. The van der Waals surface area contributed by atoms with Gasteiger partial charge in [-0.3, -0.25) is 9.69 Å². The molecule has 4 aromatic rings. The summed E-state index contributed by atoms with van der Waals surface area (Å²) < 4.78 is 0. The Morgan fingerprint density at radius 1 is 1.18 bits per heavy atom. The van der Waals surface area contributed by atoms with E-state index in [9.17, 15) is 4.79 Å². The minimum atomic E-state index is -0.0582. The number of nitrogens with zero attached hydrogens (tertiary/aromatic N) is 2. The monoisotopic (exact) mass is 409 g/mol. The van der Waals surface area contributed by atoms with E-state index < -0.39 is 0 Å². The summed E-state index contributed by atoms with van der Waals surface area (Å²) in [6.07, 6.45) is 0. The lowest BCUT2D eigenvalue weighted by Gasteiger charge is -2.23. The lowest BCUT2D eigenvalue weighted by Crippen LogP contribution is -2.24. The SMILES string of the molecule is Cc1ccc(-c2c(C)sc3nc(CN(C)C(C)c4cccs4)[nH]c(=O)c23)cc1. The predicted molar refractivity (Wildman–Crippen MR) is 119 cm³/mol. The summed E-state index contributed by atoms with van der Waals surface area (Å²) in [4.78, 5) is 26.2. The molecule has 1 unspecified atom stereocenters. The molecule has 4 nitrogen and oxygen atoms in total. The van der Waals surface area contributed by atoms with Crippen molar-refractivity contribution in [2.45, 2.75) is 33.4 Å². The van der Waals surface area contributed by atoms with Gasteiger partial charge >= 0.3 is 0 Å². The van der Waals surface area contributed by atoms with Crippen molar-refractivity contribution in [3.05, 3.63) is 73.3 Å². The highest BCUT2D eigenvalue weighted by Crippen LogP contribution is 2.35. The Morgan fingerprint density at radius 2 is 1.93 bits per heavy atom. The van der Waals surface area contributed by atoms with E-state index in [2.05, 4.69) is 79.5 Å². The first-order chi connectivity index (χ1) is 13.4. The molecule has 0 fully saturated rings. The Hall–Kier alpha value is -2.28. The maximum absolute atomic E-state index is 12.9. The molecule has 0 amide bonds. The van der Waals surface area contributed by atoms with Crippen LogP contribution >= 0.6 is 22.7 Å². The molecule has 0 aliphatic rings. The second kappa shape index (κ2) is 7.62. The summed E-state index contributed by atoms with van der Waals surface area (Å²) in [7, 11) is 2.06. The summed E-state index contributed by atoms with van der Waals surface area (Å²) in [5.74, 6) is 0.708. The van der Waals surface area contributed by atoms with Crippen LogP contribution in [0.3, 0.4) is 0 Å². The van der Waals surface area contributed by atoms with Crippen LogP contribution in [0, 0.1) is 13.8 Å². The third-order valence-electron chi connectivity index (χ3n) is 5.14. The smallest absolute Gasteiger partial charge is 0.260 e. The highest BCUT2D eigenvalue weighted by atomic mass is 32.1. The topological polar surface area (TPSA) is 49.0 Å². The zero-order valence-corrected chi connectivity index (χ0v) is 18.1. The van der Waals surface area contributed by atoms with Crippen LogP contribution in [0.2, 0.25) is 0 Å². The van der Waals surface area contributed by atoms with Crippen molar-refractivity contribution < 1.29 is 0 Å². The third-order valence-corrected chi connectivity index (χ3v) is 7.18. The fourth-order valence-corrected chi connectivity index (χ4v) is 5.34. The molecule has 1 N–H and O–H groups in total. The van der Waals surface area contributed by atoms with Gasteiger partial charge in [0.25, 0.3) is 5.56 Å². The maximum Gasteiger partial charge on any atom is 0.260 e. The van der Waals surface area contributed by atoms with E-state index >= 15 is 0 Å². The Balaban J connectivity index is 1.70. The van der Waals surface area contributed by atoms with Crippen molar-refractivity contribution in [3.63, 3.8) is 0 Å². The molecule has 28 heavy (non-hydrogen) atoms. The van der Waals surface area contributed by atoms with Crippen LogP contribution in [0.5, 0.6) is 0 Å². The van der Waals surface area contributed by atoms with Gasteiger partial charge in [-0.1, -0.05) is 35.9 Å². The number of aromatic nitrogens is 2. The Kier molecular flexibility index (Phi) is 5.19. The van der Waals surface area contributed by atoms with Crippen molar-refractivity contribution in [1.82, 2.24) is 14.9 Å². The fraction of sp³-hybridized carbons (Fsp3) is 0.273. The van der Waals surface area contributed by atoms with Gasteiger partial charge in [-0.05, 0) is 44.8 Å². The highest BCUT2D eigenvalue weighted by Gasteiger charge is 2.18. The number of hydrogen-bond acceptors (Lipinski definition) is 5. The van der Waals surface area contributed by atoms with E-state index in [-0.39, 0.29) is 11.6 Å². The van der Waals surface area contributed by atoms with Crippen molar-refractivity contribution in [3.8, 4) is 11.1 Å². The number of rotatable bonds is 5. The largest absolute Gasteiger partial charge is 0.309 e. The quantitative estimate of drug-likeness (QED) is 0.472. The zero-order valence-electron chi connectivity index (χ0n) is 16.4. The minimum Gasteiger partial charge on any atom is -0.309 e. The van der Waals surface area contributed by atoms with Crippen molar-refractivity contribution >= 4 is 32.9 Å². The van der Waals surface area contributed by atoms with Gasteiger partial charge in [-0.25, -0.2) is 4.98 Å². The van der Waals surface area contributed by atoms with Gasteiger partial charge in [0, 0.05) is 21.4 Å². The summed E-state index contributed by atoms with van der Waals surface area (Å²) in [6.45, 7) is 6.90. The first-order valence-electron chi connectivity index (χ1n) is 9.27. The summed E-state index contributed by atoms with van der Waals surface area (Å²) in [6, 6.07) is 12.8. The molecule has 144 valence electrons. The fourth-order valence-electron chi connectivity index (χ4n) is 3.43. The van der Waals surface area contributed by atoms with Crippen LogP contribution < -0.4 is 5.56 Å². The van der Waals surface area contributed by atoms with Crippen LogP contribution in [0.25, 0.3) is 21.3 Å². The van der Waals surface area contributed by atoms with Gasteiger partial charge in [0.15, 0.2) is 0 Å². The van der Waals surface area contributed by atoms with Gasteiger partial charge in [0.2, 0.25) is 0 Å². The minimum absolute atomic E-state index is 0.0582. The molecule has 0 spiro atoms. The van der Waals surface area contributed by atoms with Gasteiger partial charge in [-0.2, -0.15) is 0 Å². The van der Waals surface area contributed by atoms with Crippen LogP contribution in [-0.4, -0.2) is 21.9 Å². The molecule has 4 rings (SSSR count). The molecule has 0 saturated carbocycles. The summed E-state index contributed by atoms with van der Waals surface area (Å²) in [5, 5.41) is 2.79. The Morgan fingerprint density at radius 3 is 2.61 bits per heavy atom. The van der Waals surface area contributed by atoms with Crippen LogP contribution in [0.4, 0.5) is 0 Å². The van der Waals surface area contributed by atoms with E-state index in [1.165, 1.54) is 10.4 Å². The molecule has 1 aromatic carbocycles. The second-order valence-corrected chi connectivity index (χ2v) is 9.38. The molecule has 3 heterocycles. The van der Waals surface area contributed by atoms with Gasteiger partial charge in [0.1, 0.15) is 10.7 Å². The first-order valence-corrected chi connectivity index (χ1v) is 11.0. The number of benzene rings is 1. The van der Waals surface area contributed by atoms with Crippen molar-refractivity contribution in [2.24, 2.45) is 0 Å². The molecule has 0 aliphatic heterocycles. The number of fused-ring (bicyclic) bond motifs is 1. The van der Waals surface area contributed by atoms with Gasteiger partial charge in [-0.15, -0.1) is 22.7 Å². The number of aryl methyl sites for hydroxylation is 2. The Labute approximate surface area is 172 Å².